The third kappa shape index (κ3) is 4.46. The van der Waals surface area contributed by atoms with E-state index in [1.54, 1.807) is 0 Å². The Balaban J connectivity index is 2.39. The van der Waals surface area contributed by atoms with Crippen LogP contribution in [0.4, 0.5) is 0 Å². The molecule has 2 bridgehead atoms. The van der Waals surface area contributed by atoms with Crippen LogP contribution in [0.25, 0.3) is 0 Å². The summed E-state index contributed by atoms with van der Waals surface area (Å²) < 4.78 is 8.58. The van der Waals surface area contributed by atoms with Gasteiger partial charge < -0.3 is 0 Å². The van der Waals surface area contributed by atoms with Crippen LogP contribution in [-0.2, 0) is 0 Å². The Morgan fingerprint density at radius 1 is 0.609 bits per heavy atom. The van der Waals surface area contributed by atoms with E-state index in [2.05, 4.69) is 60.5 Å². The summed E-state index contributed by atoms with van der Waals surface area (Å²) in [6.45, 7) is 21.8. The molecule has 0 N–H and O–H groups in total. The Bertz CT molecular complexity index is 302. The van der Waals surface area contributed by atoms with Crippen LogP contribution in [0.2, 0.25) is 0 Å². The molecule has 23 heavy (non-hydrogen) atoms. The molecule has 3 saturated heterocycles. The minimum atomic E-state index is -0.330. The first-order valence-electron chi connectivity index (χ1n) is 9.85. The smallest absolute Gasteiger partial charge is 0.121 e. The normalized spacial score (nSPS) is 32.1. The molecular formula is C18H39N4P. The van der Waals surface area contributed by atoms with Crippen LogP contribution < -0.4 is 0 Å². The van der Waals surface area contributed by atoms with Gasteiger partial charge in [0, 0.05) is 57.4 Å². The first kappa shape index (κ1) is 19.6. The van der Waals surface area contributed by atoms with E-state index in [9.17, 15) is 0 Å². The van der Waals surface area contributed by atoms with Gasteiger partial charge in [-0.3, -0.25) is 18.9 Å². The van der Waals surface area contributed by atoms with E-state index in [0.29, 0.717) is 18.1 Å². The number of hydrogen-bond acceptors (Lipinski definition) is 4. The van der Waals surface area contributed by atoms with Crippen LogP contribution in [0.1, 0.15) is 60.8 Å². The molecule has 136 valence electrons. The van der Waals surface area contributed by atoms with Crippen LogP contribution in [0.3, 0.4) is 0 Å². The van der Waals surface area contributed by atoms with E-state index in [0.717, 1.165) is 0 Å². The topological polar surface area (TPSA) is 13.0 Å². The van der Waals surface area contributed by atoms with Crippen LogP contribution in [0.15, 0.2) is 0 Å². The van der Waals surface area contributed by atoms with Crippen molar-refractivity contribution in [1.82, 2.24) is 18.9 Å². The summed E-state index contributed by atoms with van der Waals surface area (Å²) in [5.41, 5.74) is 0. The zero-order valence-corrected chi connectivity index (χ0v) is 17.2. The van der Waals surface area contributed by atoms with Gasteiger partial charge in [-0.1, -0.05) is 20.8 Å². The lowest BCUT2D eigenvalue weighted by molar-refractivity contribution is 0.127. The fraction of sp³-hybridized carbons (Fsp3) is 1.00. The number of fused-ring (bicyclic) bond motifs is 6. The van der Waals surface area contributed by atoms with Gasteiger partial charge in [0.25, 0.3) is 0 Å². The van der Waals surface area contributed by atoms with Crippen LogP contribution in [-0.4, -0.2) is 76.3 Å². The van der Waals surface area contributed by atoms with Crippen molar-refractivity contribution in [2.45, 2.75) is 78.9 Å². The van der Waals surface area contributed by atoms with Crippen LogP contribution >= 0.6 is 8.37 Å². The molecule has 5 heteroatoms. The van der Waals surface area contributed by atoms with Gasteiger partial charge in [-0.25, -0.2) is 0 Å². The number of rotatable bonds is 6. The molecule has 0 saturated carbocycles. The van der Waals surface area contributed by atoms with E-state index < -0.39 is 0 Å². The van der Waals surface area contributed by atoms with Crippen LogP contribution in [0, 0.1) is 0 Å². The summed E-state index contributed by atoms with van der Waals surface area (Å²) in [5, 5.41) is 0. The summed E-state index contributed by atoms with van der Waals surface area (Å²) in [4.78, 5) is 2.70. The Kier molecular flexibility index (Phi) is 7.75. The highest BCUT2D eigenvalue weighted by molar-refractivity contribution is 7.50. The monoisotopic (exact) mass is 342 g/mol. The average Bonchev–Trinajstić information content (AvgIpc) is 2.52. The highest BCUT2D eigenvalue weighted by Gasteiger charge is 2.40. The summed E-state index contributed by atoms with van der Waals surface area (Å²) >= 11 is 0. The van der Waals surface area contributed by atoms with Crippen molar-refractivity contribution in [3.63, 3.8) is 0 Å². The summed E-state index contributed by atoms with van der Waals surface area (Å²) in [7, 11) is -0.330. The molecule has 3 unspecified atom stereocenters. The van der Waals surface area contributed by atoms with Crippen molar-refractivity contribution in [3.05, 3.63) is 0 Å². The Morgan fingerprint density at radius 3 is 1.17 bits per heavy atom. The van der Waals surface area contributed by atoms with Gasteiger partial charge in [0.1, 0.15) is 8.37 Å². The van der Waals surface area contributed by atoms with Gasteiger partial charge in [0.2, 0.25) is 0 Å². The van der Waals surface area contributed by atoms with E-state index in [4.69, 9.17) is 0 Å². The second-order valence-corrected chi connectivity index (χ2v) is 9.45. The molecule has 0 spiro atoms. The fourth-order valence-electron chi connectivity index (χ4n) is 3.60. The van der Waals surface area contributed by atoms with E-state index in [1.807, 2.05) is 0 Å². The lowest BCUT2D eigenvalue weighted by Crippen LogP contribution is -2.56. The van der Waals surface area contributed by atoms with Gasteiger partial charge in [-0.15, -0.1) is 0 Å². The zero-order chi connectivity index (χ0) is 17.0. The van der Waals surface area contributed by atoms with Crippen molar-refractivity contribution in [1.29, 1.82) is 0 Å². The summed E-state index contributed by atoms with van der Waals surface area (Å²) in [6, 6.07) is 2.03. The first-order chi connectivity index (χ1) is 11.0. The van der Waals surface area contributed by atoms with Gasteiger partial charge in [0.05, 0.1) is 0 Å². The second-order valence-electron chi connectivity index (χ2n) is 7.37. The minimum Gasteiger partial charge on any atom is -0.299 e. The molecule has 0 amide bonds. The SMILES string of the molecule is CCC(C)N1CCN2CCN(C(C)CC)P1N(C(C)CC)CC2. The third-order valence-electron chi connectivity index (χ3n) is 5.92. The quantitative estimate of drug-likeness (QED) is 0.680. The summed E-state index contributed by atoms with van der Waals surface area (Å²) in [6.07, 6.45) is 3.75. The standard InChI is InChI=1S/C18H39N4P/c1-7-16(4)20-13-10-19-11-14-21(17(5)8-2)23(20)22(15-12-19)18(6)9-3/h16-18H,7-15H2,1-6H3. The van der Waals surface area contributed by atoms with E-state index in [1.165, 1.54) is 58.5 Å². The van der Waals surface area contributed by atoms with Gasteiger partial charge in [-0.2, -0.15) is 0 Å². The van der Waals surface area contributed by atoms with Gasteiger partial charge in [-0.05, 0) is 40.0 Å². The predicted molar refractivity (Wildman–Crippen MR) is 103 cm³/mol. The first-order valence-corrected chi connectivity index (χ1v) is 11.1. The maximum absolute atomic E-state index is 2.86. The lowest BCUT2D eigenvalue weighted by Gasteiger charge is -2.54. The molecule has 0 aliphatic carbocycles. The summed E-state index contributed by atoms with van der Waals surface area (Å²) in [5.74, 6) is 0. The predicted octanol–water partition coefficient (Wildman–Crippen LogP) is 3.84. The maximum Gasteiger partial charge on any atom is 0.121 e. The highest BCUT2D eigenvalue weighted by Crippen LogP contribution is 2.53. The number of nitrogens with zero attached hydrogens (tertiary/aromatic N) is 4. The van der Waals surface area contributed by atoms with Crippen molar-refractivity contribution in [2.24, 2.45) is 0 Å². The molecule has 0 radical (unpaired) electrons. The van der Waals surface area contributed by atoms with Gasteiger partial charge in [0.15, 0.2) is 0 Å². The molecule has 3 aliphatic rings. The second kappa shape index (κ2) is 9.10. The Labute approximate surface area is 146 Å². The molecule has 3 aliphatic heterocycles. The van der Waals surface area contributed by atoms with Crippen LogP contribution in [0.5, 0.6) is 0 Å². The molecule has 0 aromatic heterocycles. The molecule has 3 rings (SSSR count). The van der Waals surface area contributed by atoms with Crippen molar-refractivity contribution < 1.29 is 0 Å². The maximum atomic E-state index is 2.86. The fourth-order valence-corrected chi connectivity index (χ4v) is 6.84. The zero-order valence-electron chi connectivity index (χ0n) is 16.3. The molecule has 3 atom stereocenters. The van der Waals surface area contributed by atoms with E-state index >= 15 is 0 Å². The van der Waals surface area contributed by atoms with E-state index in [-0.39, 0.29) is 8.37 Å². The molecule has 0 aromatic carbocycles. The number of hydrogen-bond donors (Lipinski definition) is 0. The Morgan fingerprint density at radius 2 is 0.913 bits per heavy atom. The molecular weight excluding hydrogens is 303 g/mol. The van der Waals surface area contributed by atoms with Crippen molar-refractivity contribution >= 4 is 8.37 Å². The average molecular weight is 343 g/mol. The Hall–Kier alpha value is 0.270. The molecule has 4 nitrogen and oxygen atoms in total. The van der Waals surface area contributed by atoms with Gasteiger partial charge >= 0.3 is 0 Å². The molecule has 3 heterocycles. The lowest BCUT2D eigenvalue weighted by atomic mass is 10.2. The highest BCUT2D eigenvalue weighted by atomic mass is 31.2. The molecule has 3 fully saturated rings. The largest absolute Gasteiger partial charge is 0.299 e. The minimum absolute atomic E-state index is 0.330. The van der Waals surface area contributed by atoms with Crippen molar-refractivity contribution in [3.8, 4) is 0 Å². The van der Waals surface area contributed by atoms with Crippen molar-refractivity contribution in [2.75, 3.05) is 39.3 Å². The third-order valence-corrected chi connectivity index (χ3v) is 9.09. The molecule has 0 aromatic rings.